The third kappa shape index (κ3) is 6.11. The molecule has 0 spiro atoms. The maximum atomic E-state index is 12.7. The molecule has 2 amide bonds. The standard InChI is InChI=1S/C24H21N3O4/c1-26(17-19-6-3-2-4-7-19)24(29)20-8-5-9-21(16-20)25-23(28)15-12-18-10-13-22(14-11-18)27(30)31/h2-16H,17H2,1H3,(H,25,28)/b15-12+. The average molecular weight is 415 g/mol. The largest absolute Gasteiger partial charge is 0.337 e. The van der Waals surface area contributed by atoms with Gasteiger partial charge in [0.1, 0.15) is 0 Å². The third-order valence-electron chi connectivity index (χ3n) is 4.52. The Labute approximate surface area is 179 Å². The number of carbonyl (C=O) groups is 2. The summed E-state index contributed by atoms with van der Waals surface area (Å²) in [5.41, 5.74) is 2.64. The van der Waals surface area contributed by atoms with Crippen molar-refractivity contribution in [1.82, 2.24) is 4.90 Å². The summed E-state index contributed by atoms with van der Waals surface area (Å²) in [5, 5.41) is 13.4. The minimum absolute atomic E-state index is 0.0136. The van der Waals surface area contributed by atoms with Crippen LogP contribution in [-0.2, 0) is 11.3 Å². The highest BCUT2D eigenvalue weighted by atomic mass is 16.6. The van der Waals surface area contributed by atoms with Gasteiger partial charge in [0.05, 0.1) is 4.92 Å². The predicted octanol–water partition coefficient (Wildman–Crippen LogP) is 4.52. The first-order valence-corrected chi connectivity index (χ1v) is 9.55. The van der Waals surface area contributed by atoms with E-state index in [1.54, 1.807) is 54.4 Å². The molecule has 0 aliphatic carbocycles. The van der Waals surface area contributed by atoms with Crippen molar-refractivity contribution in [3.05, 3.63) is 112 Å². The first-order chi connectivity index (χ1) is 14.9. The highest BCUT2D eigenvalue weighted by Crippen LogP contribution is 2.15. The monoisotopic (exact) mass is 415 g/mol. The molecular formula is C24H21N3O4. The number of rotatable bonds is 7. The fourth-order valence-electron chi connectivity index (χ4n) is 2.94. The minimum atomic E-state index is -0.480. The van der Waals surface area contributed by atoms with Crippen LogP contribution in [0.25, 0.3) is 6.08 Å². The molecule has 0 heterocycles. The second-order valence-corrected chi connectivity index (χ2v) is 6.90. The van der Waals surface area contributed by atoms with Gasteiger partial charge in [-0.3, -0.25) is 19.7 Å². The molecule has 0 aliphatic heterocycles. The second-order valence-electron chi connectivity index (χ2n) is 6.90. The highest BCUT2D eigenvalue weighted by molar-refractivity contribution is 6.03. The zero-order valence-electron chi connectivity index (χ0n) is 16.9. The second kappa shape index (κ2) is 9.98. The molecule has 0 radical (unpaired) electrons. The van der Waals surface area contributed by atoms with Crippen molar-refractivity contribution < 1.29 is 14.5 Å². The minimum Gasteiger partial charge on any atom is -0.337 e. The molecule has 0 saturated heterocycles. The summed E-state index contributed by atoms with van der Waals surface area (Å²) in [4.78, 5) is 36.8. The Morgan fingerprint density at radius 2 is 1.71 bits per heavy atom. The Hall–Kier alpha value is -4.26. The van der Waals surface area contributed by atoms with Crippen molar-refractivity contribution in [3.63, 3.8) is 0 Å². The topological polar surface area (TPSA) is 92.6 Å². The SMILES string of the molecule is CN(Cc1ccccc1)C(=O)c1cccc(NC(=O)/C=C/c2ccc([N+](=O)[O-])cc2)c1. The fraction of sp³-hybridized carbons (Fsp3) is 0.0833. The number of nitro benzene ring substituents is 1. The normalized spacial score (nSPS) is 10.6. The lowest BCUT2D eigenvalue weighted by atomic mass is 10.1. The van der Waals surface area contributed by atoms with E-state index in [0.29, 0.717) is 23.4 Å². The van der Waals surface area contributed by atoms with Gasteiger partial charge in [-0.2, -0.15) is 0 Å². The van der Waals surface area contributed by atoms with Crippen molar-refractivity contribution in [2.45, 2.75) is 6.54 Å². The number of carbonyl (C=O) groups excluding carboxylic acids is 2. The van der Waals surface area contributed by atoms with E-state index in [4.69, 9.17) is 0 Å². The summed E-state index contributed by atoms with van der Waals surface area (Å²) < 4.78 is 0. The Morgan fingerprint density at radius 1 is 1.00 bits per heavy atom. The van der Waals surface area contributed by atoms with Crippen LogP contribution in [0.3, 0.4) is 0 Å². The van der Waals surface area contributed by atoms with Gasteiger partial charge in [0.15, 0.2) is 0 Å². The van der Waals surface area contributed by atoms with E-state index < -0.39 is 4.92 Å². The van der Waals surface area contributed by atoms with Crippen LogP contribution in [0.4, 0.5) is 11.4 Å². The van der Waals surface area contributed by atoms with E-state index in [1.165, 1.54) is 18.2 Å². The van der Waals surface area contributed by atoms with E-state index in [0.717, 1.165) is 5.56 Å². The molecule has 0 aromatic heterocycles. The number of nitro groups is 1. The van der Waals surface area contributed by atoms with Gasteiger partial charge in [-0.15, -0.1) is 0 Å². The van der Waals surface area contributed by atoms with Gasteiger partial charge in [0, 0.05) is 43.1 Å². The van der Waals surface area contributed by atoms with Crippen LogP contribution in [-0.4, -0.2) is 28.7 Å². The van der Waals surface area contributed by atoms with Crippen molar-refractivity contribution in [1.29, 1.82) is 0 Å². The number of amides is 2. The number of hydrogen-bond donors (Lipinski definition) is 1. The van der Waals surface area contributed by atoms with E-state index >= 15 is 0 Å². The van der Waals surface area contributed by atoms with Crippen molar-refractivity contribution in [3.8, 4) is 0 Å². The van der Waals surface area contributed by atoms with Crippen molar-refractivity contribution in [2.24, 2.45) is 0 Å². The van der Waals surface area contributed by atoms with Crippen LogP contribution >= 0.6 is 0 Å². The summed E-state index contributed by atoms with van der Waals surface area (Å²) in [6.45, 7) is 0.480. The van der Waals surface area contributed by atoms with Gasteiger partial charge in [0.2, 0.25) is 5.91 Å². The van der Waals surface area contributed by atoms with Crippen LogP contribution in [0.2, 0.25) is 0 Å². The first kappa shape index (κ1) is 21.4. The molecule has 1 N–H and O–H groups in total. The number of nitrogens with zero attached hydrogens (tertiary/aromatic N) is 2. The molecule has 156 valence electrons. The molecule has 0 atom stereocenters. The number of benzene rings is 3. The molecule has 0 aliphatic rings. The fourth-order valence-corrected chi connectivity index (χ4v) is 2.94. The number of anilines is 1. The van der Waals surface area contributed by atoms with Crippen LogP contribution in [0.15, 0.2) is 84.9 Å². The molecular weight excluding hydrogens is 394 g/mol. The molecule has 0 saturated carbocycles. The number of hydrogen-bond acceptors (Lipinski definition) is 4. The van der Waals surface area contributed by atoms with E-state index in [-0.39, 0.29) is 17.5 Å². The quantitative estimate of drug-likeness (QED) is 0.349. The highest BCUT2D eigenvalue weighted by Gasteiger charge is 2.13. The molecule has 7 heteroatoms. The molecule has 0 unspecified atom stereocenters. The number of nitrogens with one attached hydrogen (secondary N) is 1. The zero-order valence-corrected chi connectivity index (χ0v) is 16.9. The Bertz CT molecular complexity index is 1110. The molecule has 3 aromatic carbocycles. The lowest BCUT2D eigenvalue weighted by molar-refractivity contribution is -0.384. The van der Waals surface area contributed by atoms with Gasteiger partial charge < -0.3 is 10.2 Å². The average Bonchev–Trinajstić information content (AvgIpc) is 2.78. The summed E-state index contributed by atoms with van der Waals surface area (Å²) in [6.07, 6.45) is 2.89. The summed E-state index contributed by atoms with van der Waals surface area (Å²) in [7, 11) is 1.73. The first-order valence-electron chi connectivity index (χ1n) is 9.55. The molecule has 3 aromatic rings. The van der Waals surface area contributed by atoms with E-state index in [9.17, 15) is 19.7 Å². The van der Waals surface area contributed by atoms with Gasteiger partial charge in [0.25, 0.3) is 11.6 Å². The Kier molecular flexibility index (Phi) is 6.90. The Morgan fingerprint density at radius 3 is 2.39 bits per heavy atom. The maximum Gasteiger partial charge on any atom is 0.269 e. The third-order valence-corrected chi connectivity index (χ3v) is 4.52. The molecule has 3 rings (SSSR count). The lowest BCUT2D eigenvalue weighted by Gasteiger charge is -2.17. The van der Waals surface area contributed by atoms with Gasteiger partial charge in [-0.05, 0) is 47.5 Å². The van der Waals surface area contributed by atoms with Gasteiger partial charge in [-0.1, -0.05) is 36.4 Å². The molecule has 31 heavy (non-hydrogen) atoms. The van der Waals surface area contributed by atoms with Gasteiger partial charge >= 0.3 is 0 Å². The van der Waals surface area contributed by atoms with Crippen LogP contribution in [0, 0.1) is 10.1 Å². The van der Waals surface area contributed by atoms with Gasteiger partial charge in [-0.25, -0.2) is 0 Å². The van der Waals surface area contributed by atoms with E-state index in [1.807, 2.05) is 30.3 Å². The smallest absolute Gasteiger partial charge is 0.269 e. The molecule has 7 nitrogen and oxygen atoms in total. The lowest BCUT2D eigenvalue weighted by Crippen LogP contribution is -2.26. The number of non-ortho nitro benzene ring substituents is 1. The summed E-state index contributed by atoms with van der Waals surface area (Å²) >= 11 is 0. The van der Waals surface area contributed by atoms with Crippen molar-refractivity contribution >= 4 is 29.3 Å². The molecule has 0 fully saturated rings. The zero-order chi connectivity index (χ0) is 22.2. The van der Waals surface area contributed by atoms with E-state index in [2.05, 4.69) is 5.32 Å². The summed E-state index contributed by atoms with van der Waals surface area (Å²) in [5.74, 6) is -0.526. The van der Waals surface area contributed by atoms with Crippen LogP contribution in [0.1, 0.15) is 21.5 Å². The molecule has 0 bridgehead atoms. The van der Waals surface area contributed by atoms with Crippen molar-refractivity contribution in [2.75, 3.05) is 12.4 Å². The van der Waals surface area contributed by atoms with Crippen LogP contribution in [0.5, 0.6) is 0 Å². The van der Waals surface area contributed by atoms with Crippen LogP contribution < -0.4 is 5.32 Å². The Balaban J connectivity index is 1.62. The predicted molar refractivity (Wildman–Crippen MR) is 119 cm³/mol. The summed E-state index contributed by atoms with van der Waals surface area (Å²) in [6, 6.07) is 22.3. The maximum absolute atomic E-state index is 12.7.